The Labute approximate surface area is 126 Å². The first-order valence-corrected chi connectivity index (χ1v) is 7.91. The Morgan fingerprint density at radius 1 is 1.35 bits per heavy atom. The lowest BCUT2D eigenvalue weighted by Gasteiger charge is -2.39. The summed E-state index contributed by atoms with van der Waals surface area (Å²) >= 11 is 5.81. The van der Waals surface area contributed by atoms with Crippen molar-refractivity contribution in [2.75, 3.05) is 13.1 Å². The van der Waals surface area contributed by atoms with E-state index in [9.17, 15) is 4.39 Å². The van der Waals surface area contributed by atoms with E-state index in [0.717, 1.165) is 18.7 Å². The highest BCUT2D eigenvalue weighted by atomic mass is 35.5. The zero-order valence-corrected chi connectivity index (χ0v) is 12.9. The van der Waals surface area contributed by atoms with Crippen LogP contribution in [0.2, 0.25) is 5.02 Å². The van der Waals surface area contributed by atoms with Gasteiger partial charge in [0.15, 0.2) is 0 Å². The van der Waals surface area contributed by atoms with Crippen molar-refractivity contribution in [2.24, 2.45) is 11.7 Å². The molecule has 0 heterocycles. The molecule has 20 heavy (non-hydrogen) atoms. The summed E-state index contributed by atoms with van der Waals surface area (Å²) in [5, 5.41) is 0.451. The van der Waals surface area contributed by atoms with E-state index in [4.69, 9.17) is 17.3 Å². The lowest BCUT2D eigenvalue weighted by atomic mass is 9.83. The number of nitrogens with two attached hydrogens (primary N) is 1. The summed E-state index contributed by atoms with van der Waals surface area (Å²) in [5.74, 6) is 0.329. The fraction of sp³-hybridized carbons (Fsp3) is 0.625. The molecule has 2 unspecified atom stereocenters. The number of nitrogens with zero attached hydrogens (tertiary/aromatic N) is 1. The van der Waals surface area contributed by atoms with Crippen molar-refractivity contribution in [3.05, 3.63) is 34.6 Å². The van der Waals surface area contributed by atoms with E-state index in [1.165, 1.54) is 31.7 Å². The highest BCUT2D eigenvalue weighted by Gasteiger charge is 2.28. The average molecular weight is 299 g/mol. The zero-order valence-electron chi connectivity index (χ0n) is 12.1. The van der Waals surface area contributed by atoms with Crippen LogP contribution >= 0.6 is 11.6 Å². The van der Waals surface area contributed by atoms with Crippen molar-refractivity contribution in [1.82, 2.24) is 4.90 Å². The summed E-state index contributed by atoms with van der Waals surface area (Å²) in [6, 6.07) is 5.43. The molecular formula is C16H24ClFN2. The molecule has 2 nitrogen and oxygen atoms in total. The van der Waals surface area contributed by atoms with Crippen molar-refractivity contribution >= 4 is 11.6 Å². The minimum Gasteiger partial charge on any atom is -0.330 e. The van der Waals surface area contributed by atoms with Crippen molar-refractivity contribution in [1.29, 1.82) is 0 Å². The molecule has 1 aliphatic rings. The molecule has 0 radical (unpaired) electrons. The molecule has 1 saturated carbocycles. The molecule has 4 heteroatoms. The highest BCUT2D eigenvalue weighted by molar-refractivity contribution is 6.30. The third-order valence-corrected chi connectivity index (χ3v) is 4.67. The minimum absolute atomic E-state index is 0.212. The predicted molar refractivity (Wildman–Crippen MR) is 82.3 cm³/mol. The Morgan fingerprint density at radius 2 is 2.10 bits per heavy atom. The van der Waals surface area contributed by atoms with E-state index in [1.54, 1.807) is 12.1 Å². The lowest BCUT2D eigenvalue weighted by molar-refractivity contribution is 0.104. The van der Waals surface area contributed by atoms with Gasteiger partial charge in [0.1, 0.15) is 5.82 Å². The molecule has 112 valence electrons. The monoisotopic (exact) mass is 298 g/mol. The Hall–Kier alpha value is -0.640. The summed E-state index contributed by atoms with van der Waals surface area (Å²) in [4.78, 5) is 2.36. The maximum Gasteiger partial charge on any atom is 0.129 e. The second-order valence-corrected chi connectivity index (χ2v) is 6.08. The molecule has 2 rings (SSSR count). The molecule has 2 atom stereocenters. The van der Waals surface area contributed by atoms with Gasteiger partial charge in [-0.3, -0.25) is 4.90 Å². The molecule has 1 aromatic rings. The van der Waals surface area contributed by atoms with E-state index >= 15 is 0 Å². The van der Waals surface area contributed by atoms with Gasteiger partial charge in [0.25, 0.3) is 0 Å². The van der Waals surface area contributed by atoms with E-state index in [0.29, 0.717) is 23.5 Å². The van der Waals surface area contributed by atoms with E-state index in [1.807, 2.05) is 0 Å². The van der Waals surface area contributed by atoms with Crippen LogP contribution < -0.4 is 5.73 Å². The van der Waals surface area contributed by atoms with Crippen LogP contribution in [0.3, 0.4) is 0 Å². The first-order chi connectivity index (χ1) is 9.65. The number of hydrogen-bond donors (Lipinski definition) is 1. The molecule has 0 bridgehead atoms. The number of halogens is 2. The summed E-state index contributed by atoms with van der Waals surface area (Å²) in [6.45, 7) is 4.42. The lowest BCUT2D eigenvalue weighted by Crippen LogP contribution is -2.44. The summed E-state index contributed by atoms with van der Waals surface area (Å²) < 4.78 is 14.0. The maximum atomic E-state index is 14.0. The van der Waals surface area contributed by atoms with Crippen LogP contribution in [0.15, 0.2) is 18.2 Å². The molecule has 0 amide bonds. The smallest absolute Gasteiger partial charge is 0.129 e. The fourth-order valence-electron chi connectivity index (χ4n) is 3.28. The molecule has 0 saturated heterocycles. The van der Waals surface area contributed by atoms with Gasteiger partial charge in [0, 0.05) is 23.2 Å². The van der Waals surface area contributed by atoms with Crippen LogP contribution in [0.1, 0.15) is 38.2 Å². The second kappa shape index (κ2) is 7.39. The van der Waals surface area contributed by atoms with Gasteiger partial charge in [-0.05, 0) is 44.0 Å². The Balaban J connectivity index is 2.11. The van der Waals surface area contributed by atoms with Crippen molar-refractivity contribution in [3.8, 4) is 0 Å². The van der Waals surface area contributed by atoms with Gasteiger partial charge in [-0.25, -0.2) is 4.39 Å². The van der Waals surface area contributed by atoms with Crippen LogP contribution in [0.4, 0.5) is 4.39 Å². The van der Waals surface area contributed by atoms with Gasteiger partial charge < -0.3 is 5.73 Å². The predicted octanol–water partition coefficient (Wildman–Crippen LogP) is 3.82. The van der Waals surface area contributed by atoms with Crippen molar-refractivity contribution in [3.63, 3.8) is 0 Å². The summed E-state index contributed by atoms with van der Waals surface area (Å²) in [6.07, 6.45) is 4.89. The number of hydrogen-bond acceptors (Lipinski definition) is 2. The first kappa shape index (κ1) is 15.7. The molecule has 0 aromatic heterocycles. The van der Waals surface area contributed by atoms with Crippen LogP contribution in [0, 0.1) is 11.7 Å². The first-order valence-electron chi connectivity index (χ1n) is 7.53. The van der Waals surface area contributed by atoms with Gasteiger partial charge in [0.2, 0.25) is 0 Å². The summed E-state index contributed by atoms with van der Waals surface area (Å²) in [7, 11) is 0. The minimum atomic E-state index is -0.212. The zero-order chi connectivity index (χ0) is 14.5. The summed E-state index contributed by atoms with van der Waals surface area (Å²) in [5.41, 5.74) is 6.63. The fourth-order valence-corrected chi connectivity index (χ4v) is 3.43. The van der Waals surface area contributed by atoms with E-state index in [2.05, 4.69) is 11.8 Å². The normalized spacial score (nSPS) is 23.2. The molecule has 1 aliphatic carbocycles. The molecule has 2 N–H and O–H groups in total. The molecule has 1 fully saturated rings. The van der Waals surface area contributed by atoms with Gasteiger partial charge in [-0.2, -0.15) is 0 Å². The van der Waals surface area contributed by atoms with Crippen molar-refractivity contribution in [2.45, 2.75) is 45.2 Å². The highest BCUT2D eigenvalue weighted by Crippen LogP contribution is 2.29. The quantitative estimate of drug-likeness (QED) is 0.895. The van der Waals surface area contributed by atoms with Crippen LogP contribution in [-0.4, -0.2) is 24.0 Å². The third-order valence-electron chi connectivity index (χ3n) is 4.44. The van der Waals surface area contributed by atoms with Crippen molar-refractivity contribution < 1.29 is 4.39 Å². The van der Waals surface area contributed by atoms with Gasteiger partial charge in [-0.1, -0.05) is 37.4 Å². The maximum absolute atomic E-state index is 14.0. The van der Waals surface area contributed by atoms with Crippen LogP contribution in [0.25, 0.3) is 0 Å². The van der Waals surface area contributed by atoms with E-state index in [-0.39, 0.29) is 5.82 Å². The Kier molecular flexibility index (Phi) is 5.82. The van der Waals surface area contributed by atoms with E-state index < -0.39 is 0 Å². The largest absolute Gasteiger partial charge is 0.330 e. The molecule has 1 aromatic carbocycles. The van der Waals surface area contributed by atoms with Gasteiger partial charge in [-0.15, -0.1) is 0 Å². The molecule has 0 aliphatic heterocycles. The Bertz CT molecular complexity index is 438. The van der Waals surface area contributed by atoms with Crippen LogP contribution in [0.5, 0.6) is 0 Å². The number of rotatable bonds is 5. The average Bonchev–Trinajstić information content (AvgIpc) is 2.46. The van der Waals surface area contributed by atoms with Crippen LogP contribution in [-0.2, 0) is 6.54 Å². The molecule has 0 spiro atoms. The third kappa shape index (κ3) is 3.72. The number of benzene rings is 1. The molecular weight excluding hydrogens is 275 g/mol. The Morgan fingerprint density at radius 3 is 2.75 bits per heavy atom. The van der Waals surface area contributed by atoms with Gasteiger partial charge >= 0.3 is 0 Å². The standard InChI is InChI=1S/C16H24ClFN2/c1-2-20(16-6-4-3-5-12(16)10-19)11-13-7-8-14(17)9-15(13)18/h7-9,12,16H,2-6,10-11,19H2,1H3. The second-order valence-electron chi connectivity index (χ2n) is 5.65. The van der Waals surface area contributed by atoms with Gasteiger partial charge in [0.05, 0.1) is 0 Å². The topological polar surface area (TPSA) is 29.3 Å². The SMILES string of the molecule is CCN(Cc1ccc(Cl)cc1F)C1CCCCC1CN.